The second-order valence-electron chi connectivity index (χ2n) is 10.7. The highest BCUT2D eigenvalue weighted by Crippen LogP contribution is 2.37. The number of aliphatic hydroxyl groups is 1. The van der Waals surface area contributed by atoms with E-state index in [2.05, 4.69) is 26.8 Å². The summed E-state index contributed by atoms with van der Waals surface area (Å²) in [5.41, 5.74) is 1.51. The molecule has 2 saturated heterocycles. The first kappa shape index (κ1) is 29.5. The number of fused-ring (bicyclic) bond motifs is 1. The van der Waals surface area contributed by atoms with E-state index in [4.69, 9.17) is 4.84 Å². The summed E-state index contributed by atoms with van der Waals surface area (Å²) in [5, 5.41) is 14.3. The molecule has 1 N–H and O–H groups in total. The second kappa shape index (κ2) is 12.9. The maximum atomic E-state index is 15.3. The molecule has 0 radical (unpaired) electrons. The number of amidine groups is 1. The van der Waals surface area contributed by atoms with Gasteiger partial charge in [0.1, 0.15) is 30.4 Å². The van der Waals surface area contributed by atoms with E-state index in [1.807, 2.05) is 18.7 Å². The molecule has 11 heteroatoms. The Balaban J connectivity index is 0.00000173. The second-order valence-corrected chi connectivity index (χ2v) is 10.7. The molecule has 9 nitrogen and oxygen atoms in total. The molecule has 1 atom stereocenters. The number of hydrogen-bond donors (Lipinski definition) is 1. The van der Waals surface area contributed by atoms with Gasteiger partial charge in [-0.05, 0) is 68.1 Å². The molecule has 1 aromatic heterocycles. The minimum atomic E-state index is -0.819. The summed E-state index contributed by atoms with van der Waals surface area (Å²) in [4.78, 5) is 33.8. The SMILES string of the molecule is C=N/C(=N\OCC1CC1)C1CCN(c2ncnc3c(-c4ccc(N5CC(O)CC5=O)c(F)c4)ccc(F)c23)CC1.CC. The number of oxime groups is 1. The number of anilines is 2. The van der Waals surface area contributed by atoms with Gasteiger partial charge >= 0.3 is 0 Å². The topological polar surface area (TPSA) is 104 Å². The van der Waals surface area contributed by atoms with Crippen LogP contribution in [0.25, 0.3) is 22.0 Å². The molecule has 3 aromatic rings. The minimum absolute atomic E-state index is 0.0346. The molecule has 0 spiro atoms. The summed E-state index contributed by atoms with van der Waals surface area (Å²) in [6, 6.07) is 7.39. The summed E-state index contributed by atoms with van der Waals surface area (Å²) in [5.74, 6) is 0.354. The van der Waals surface area contributed by atoms with Gasteiger partial charge in [-0.3, -0.25) is 4.79 Å². The van der Waals surface area contributed by atoms with Crippen molar-refractivity contribution in [1.29, 1.82) is 0 Å². The molecule has 222 valence electrons. The highest BCUT2D eigenvalue weighted by Gasteiger charge is 2.31. The van der Waals surface area contributed by atoms with Crippen LogP contribution in [-0.4, -0.2) is 65.9 Å². The highest BCUT2D eigenvalue weighted by atomic mass is 19.1. The Kier molecular flexibility index (Phi) is 9.06. The molecule has 1 saturated carbocycles. The zero-order valence-electron chi connectivity index (χ0n) is 24.0. The third-order valence-corrected chi connectivity index (χ3v) is 7.86. The summed E-state index contributed by atoms with van der Waals surface area (Å²) in [6.07, 6.45) is 4.36. The molecular weight excluding hydrogens is 542 g/mol. The van der Waals surface area contributed by atoms with Crippen molar-refractivity contribution in [3.05, 3.63) is 48.3 Å². The Morgan fingerprint density at radius 1 is 1.10 bits per heavy atom. The zero-order chi connectivity index (χ0) is 29.8. The Labute approximate surface area is 243 Å². The van der Waals surface area contributed by atoms with Crippen molar-refractivity contribution in [2.75, 3.05) is 36.0 Å². The minimum Gasteiger partial charge on any atom is -0.394 e. The van der Waals surface area contributed by atoms with Crippen LogP contribution >= 0.6 is 0 Å². The van der Waals surface area contributed by atoms with Crippen molar-refractivity contribution in [3.8, 4) is 11.1 Å². The van der Waals surface area contributed by atoms with Crippen LogP contribution in [0.1, 0.15) is 46.0 Å². The number of benzene rings is 2. The number of β-amino-alcohol motifs (C(OH)–C–C–N with tert-alkyl or cyclic N) is 1. The van der Waals surface area contributed by atoms with Gasteiger partial charge in [0.25, 0.3) is 0 Å². The van der Waals surface area contributed by atoms with Gasteiger partial charge in [0.15, 0.2) is 5.84 Å². The highest BCUT2D eigenvalue weighted by molar-refractivity contribution is 6.00. The van der Waals surface area contributed by atoms with Gasteiger partial charge in [0, 0.05) is 24.6 Å². The summed E-state index contributed by atoms with van der Waals surface area (Å²) in [6.45, 7) is 9.53. The largest absolute Gasteiger partial charge is 0.394 e. The fourth-order valence-corrected chi connectivity index (χ4v) is 5.48. The van der Waals surface area contributed by atoms with E-state index in [1.54, 1.807) is 12.1 Å². The Bertz CT molecular complexity index is 1490. The van der Waals surface area contributed by atoms with Gasteiger partial charge in [-0.1, -0.05) is 25.1 Å². The van der Waals surface area contributed by atoms with E-state index in [0.717, 1.165) is 12.8 Å². The Hall–Kier alpha value is -3.99. The summed E-state index contributed by atoms with van der Waals surface area (Å²) in [7, 11) is 0. The molecule has 1 aliphatic carbocycles. The van der Waals surface area contributed by atoms with E-state index in [-0.39, 0.29) is 35.9 Å². The average molecular weight is 579 g/mol. The number of halogens is 2. The first-order chi connectivity index (χ1) is 20.4. The number of carbonyl (C=O) groups excluding carboxylic acids is 1. The van der Waals surface area contributed by atoms with Crippen LogP contribution in [0.15, 0.2) is 46.8 Å². The van der Waals surface area contributed by atoms with Gasteiger partial charge in [-0.2, -0.15) is 0 Å². The number of aliphatic hydroxyl groups excluding tert-OH is 1. The zero-order valence-corrected chi connectivity index (χ0v) is 24.0. The van der Waals surface area contributed by atoms with E-state index in [9.17, 15) is 9.90 Å². The van der Waals surface area contributed by atoms with Crippen LogP contribution in [0.3, 0.4) is 0 Å². The first-order valence-electron chi connectivity index (χ1n) is 14.6. The number of amides is 1. The van der Waals surface area contributed by atoms with E-state index in [1.165, 1.54) is 42.3 Å². The number of aromatic nitrogens is 2. The van der Waals surface area contributed by atoms with Crippen LogP contribution in [0.4, 0.5) is 20.3 Å². The molecule has 2 aromatic carbocycles. The maximum absolute atomic E-state index is 15.3. The summed E-state index contributed by atoms with van der Waals surface area (Å²) >= 11 is 0. The van der Waals surface area contributed by atoms with Crippen molar-refractivity contribution >= 4 is 40.9 Å². The number of aliphatic imine (C=N–C) groups is 1. The third kappa shape index (κ3) is 6.11. The maximum Gasteiger partial charge on any atom is 0.229 e. The number of nitrogens with zero attached hydrogens (tertiary/aromatic N) is 6. The van der Waals surface area contributed by atoms with Gasteiger partial charge in [0.2, 0.25) is 5.91 Å². The van der Waals surface area contributed by atoms with Crippen molar-refractivity contribution in [1.82, 2.24) is 9.97 Å². The first-order valence-corrected chi connectivity index (χ1v) is 14.6. The average Bonchev–Trinajstić information content (AvgIpc) is 3.78. The van der Waals surface area contributed by atoms with Gasteiger partial charge in [-0.15, -0.1) is 0 Å². The molecule has 3 heterocycles. The standard InChI is InChI=1S/C29H30F2N6O3.C2H6/c1-32-28(35-40-15-17-2-3-17)18-8-10-36(11-9-18)29-26-22(30)6-5-21(27(26)33-16-34-29)19-4-7-24(23(31)12-19)37-14-20(38)13-25(37)39;1-2/h4-7,12,16-18,20,38H,1-3,8-11,13-15H2;1-2H3/b35-28-;. The molecule has 1 unspecified atom stereocenters. The fraction of sp³-hybridized carbons (Fsp3) is 0.452. The van der Waals surface area contributed by atoms with Gasteiger partial charge < -0.3 is 19.7 Å². The molecule has 2 aliphatic heterocycles. The lowest BCUT2D eigenvalue weighted by Crippen LogP contribution is -2.36. The lowest BCUT2D eigenvalue weighted by Gasteiger charge is -2.32. The predicted molar refractivity (Wildman–Crippen MR) is 160 cm³/mol. The van der Waals surface area contributed by atoms with E-state index < -0.39 is 17.7 Å². The fourth-order valence-electron chi connectivity index (χ4n) is 5.48. The van der Waals surface area contributed by atoms with Crippen molar-refractivity contribution in [2.45, 2.75) is 52.1 Å². The predicted octanol–water partition coefficient (Wildman–Crippen LogP) is 5.36. The normalized spacial score (nSPS) is 19.6. The molecular formula is C31H36F2N6O3. The molecule has 42 heavy (non-hydrogen) atoms. The number of rotatable bonds is 7. The van der Waals surface area contributed by atoms with Crippen LogP contribution in [0.5, 0.6) is 0 Å². The van der Waals surface area contributed by atoms with Gasteiger partial charge in [0.05, 0.1) is 35.7 Å². The third-order valence-electron chi connectivity index (χ3n) is 7.86. The van der Waals surface area contributed by atoms with Crippen molar-refractivity contribution in [2.24, 2.45) is 22.0 Å². The monoisotopic (exact) mass is 578 g/mol. The van der Waals surface area contributed by atoms with Crippen LogP contribution in [-0.2, 0) is 9.63 Å². The number of piperidine rings is 1. The summed E-state index contributed by atoms with van der Waals surface area (Å²) < 4.78 is 30.5. The molecule has 6 rings (SSSR count). The van der Waals surface area contributed by atoms with Crippen molar-refractivity contribution in [3.63, 3.8) is 0 Å². The quantitative estimate of drug-likeness (QED) is 0.230. The number of hydrogen-bond acceptors (Lipinski definition) is 7. The Morgan fingerprint density at radius 2 is 1.86 bits per heavy atom. The van der Waals surface area contributed by atoms with Crippen LogP contribution in [0, 0.1) is 23.5 Å². The lowest BCUT2D eigenvalue weighted by molar-refractivity contribution is -0.117. The Morgan fingerprint density at radius 3 is 2.50 bits per heavy atom. The van der Waals surface area contributed by atoms with E-state index in [0.29, 0.717) is 53.9 Å². The smallest absolute Gasteiger partial charge is 0.229 e. The molecule has 0 bridgehead atoms. The lowest BCUT2D eigenvalue weighted by atomic mass is 9.95. The van der Waals surface area contributed by atoms with Gasteiger partial charge in [-0.25, -0.2) is 23.7 Å². The molecule has 1 amide bonds. The number of carbonyl (C=O) groups is 1. The van der Waals surface area contributed by atoms with Crippen molar-refractivity contribution < 1.29 is 23.5 Å². The van der Waals surface area contributed by atoms with Crippen LogP contribution in [0.2, 0.25) is 0 Å². The van der Waals surface area contributed by atoms with Crippen LogP contribution < -0.4 is 9.80 Å². The molecule has 3 fully saturated rings. The van der Waals surface area contributed by atoms with E-state index >= 15 is 8.78 Å². The molecule has 3 aliphatic rings.